The van der Waals surface area contributed by atoms with Crippen molar-refractivity contribution >= 4 is 23.4 Å². The summed E-state index contributed by atoms with van der Waals surface area (Å²) in [6.07, 6.45) is 6.01. The molecule has 2 rings (SSSR count). The van der Waals surface area contributed by atoms with Crippen LogP contribution < -0.4 is 5.32 Å². The van der Waals surface area contributed by atoms with E-state index in [1.807, 2.05) is 6.92 Å². The second-order valence-electron chi connectivity index (χ2n) is 5.15. The molecular formula is C15H19F2NOS. The van der Waals surface area contributed by atoms with Crippen molar-refractivity contribution in [1.82, 2.24) is 0 Å². The minimum atomic E-state index is -0.742. The van der Waals surface area contributed by atoms with Crippen molar-refractivity contribution in [3.8, 4) is 0 Å². The Labute approximate surface area is 122 Å². The summed E-state index contributed by atoms with van der Waals surface area (Å²) < 4.78 is 26.3. The van der Waals surface area contributed by atoms with Gasteiger partial charge >= 0.3 is 0 Å². The van der Waals surface area contributed by atoms with Gasteiger partial charge in [0.1, 0.15) is 11.6 Å². The summed E-state index contributed by atoms with van der Waals surface area (Å²) in [5, 5.41) is 2.81. The molecule has 1 aromatic rings. The average molecular weight is 299 g/mol. The van der Waals surface area contributed by atoms with E-state index < -0.39 is 11.6 Å². The van der Waals surface area contributed by atoms with Gasteiger partial charge in [0.05, 0.1) is 10.9 Å². The molecule has 2 nitrogen and oxygen atoms in total. The minimum absolute atomic E-state index is 0.0347. The van der Waals surface area contributed by atoms with Crippen LogP contribution in [0, 0.1) is 11.6 Å². The second-order valence-corrected chi connectivity index (χ2v) is 6.80. The summed E-state index contributed by atoms with van der Waals surface area (Å²) in [6.45, 7) is 1.83. The number of hydrogen-bond donors (Lipinski definition) is 1. The maximum atomic E-state index is 13.5. The molecule has 0 bridgehead atoms. The van der Waals surface area contributed by atoms with Crippen LogP contribution >= 0.6 is 11.8 Å². The SMILES string of the molecule is CC(SC1CCCCC1)C(=O)Nc1ccc(F)cc1F. The van der Waals surface area contributed by atoms with Crippen LogP contribution in [0.5, 0.6) is 0 Å². The molecule has 1 atom stereocenters. The lowest BCUT2D eigenvalue weighted by Crippen LogP contribution is -2.26. The molecule has 1 saturated carbocycles. The summed E-state index contributed by atoms with van der Waals surface area (Å²) in [4.78, 5) is 12.0. The number of rotatable bonds is 4. The van der Waals surface area contributed by atoms with Crippen LogP contribution in [0.2, 0.25) is 0 Å². The first-order valence-electron chi connectivity index (χ1n) is 6.97. The third-order valence-electron chi connectivity index (χ3n) is 3.51. The number of benzene rings is 1. The normalized spacial score (nSPS) is 17.8. The van der Waals surface area contributed by atoms with Crippen molar-refractivity contribution in [1.29, 1.82) is 0 Å². The Kier molecular flexibility index (Phi) is 5.40. The standard InChI is InChI=1S/C15H19F2NOS/c1-10(20-12-5-3-2-4-6-12)15(19)18-14-8-7-11(16)9-13(14)17/h7-10,12H,2-6H2,1H3,(H,18,19). The molecule has 1 aromatic carbocycles. The highest BCUT2D eigenvalue weighted by Gasteiger charge is 2.22. The third-order valence-corrected chi connectivity index (χ3v) is 4.99. The molecule has 1 amide bonds. The van der Waals surface area contributed by atoms with Gasteiger partial charge in [0, 0.05) is 11.3 Å². The van der Waals surface area contributed by atoms with Crippen LogP contribution in [0.3, 0.4) is 0 Å². The highest BCUT2D eigenvalue weighted by atomic mass is 32.2. The van der Waals surface area contributed by atoms with Gasteiger partial charge in [0.2, 0.25) is 5.91 Å². The zero-order chi connectivity index (χ0) is 14.5. The molecule has 1 unspecified atom stereocenters. The number of carbonyl (C=O) groups excluding carboxylic acids is 1. The number of carbonyl (C=O) groups is 1. The van der Waals surface area contributed by atoms with Crippen molar-refractivity contribution in [2.45, 2.75) is 49.5 Å². The van der Waals surface area contributed by atoms with Crippen molar-refractivity contribution in [2.24, 2.45) is 0 Å². The van der Waals surface area contributed by atoms with Crippen molar-refractivity contribution < 1.29 is 13.6 Å². The van der Waals surface area contributed by atoms with Crippen LogP contribution in [0.15, 0.2) is 18.2 Å². The molecule has 0 radical (unpaired) electrons. The van der Waals surface area contributed by atoms with E-state index in [1.54, 1.807) is 11.8 Å². The van der Waals surface area contributed by atoms with Crippen molar-refractivity contribution in [3.63, 3.8) is 0 Å². The topological polar surface area (TPSA) is 29.1 Å². The first kappa shape index (κ1) is 15.3. The quantitative estimate of drug-likeness (QED) is 0.895. The molecule has 1 fully saturated rings. The molecule has 0 heterocycles. The summed E-state index contributed by atoms with van der Waals surface area (Å²) in [5.74, 6) is -1.62. The third kappa shape index (κ3) is 4.20. The summed E-state index contributed by atoms with van der Waals surface area (Å²) in [5.41, 5.74) is 0.0347. The smallest absolute Gasteiger partial charge is 0.237 e. The molecule has 0 saturated heterocycles. The fourth-order valence-electron chi connectivity index (χ4n) is 2.38. The Balaban J connectivity index is 1.89. The molecule has 110 valence electrons. The Morgan fingerprint density at radius 1 is 1.30 bits per heavy atom. The Bertz CT molecular complexity index is 475. The van der Waals surface area contributed by atoms with E-state index in [1.165, 1.54) is 25.3 Å². The van der Waals surface area contributed by atoms with Gasteiger partial charge in [-0.05, 0) is 31.9 Å². The van der Waals surface area contributed by atoms with E-state index in [-0.39, 0.29) is 16.8 Å². The fourth-order valence-corrected chi connectivity index (χ4v) is 3.74. The number of thioether (sulfide) groups is 1. The predicted molar refractivity (Wildman–Crippen MR) is 78.9 cm³/mol. The predicted octanol–water partition coefficient (Wildman–Crippen LogP) is 4.36. The number of anilines is 1. The number of hydrogen-bond acceptors (Lipinski definition) is 2. The maximum absolute atomic E-state index is 13.5. The molecule has 0 spiro atoms. The van der Waals surface area contributed by atoms with Crippen LogP contribution in [0.4, 0.5) is 14.5 Å². The second kappa shape index (κ2) is 7.07. The molecular weight excluding hydrogens is 280 g/mol. The van der Waals surface area contributed by atoms with Gasteiger partial charge in [-0.2, -0.15) is 0 Å². The minimum Gasteiger partial charge on any atom is -0.323 e. The number of amides is 1. The van der Waals surface area contributed by atoms with Crippen molar-refractivity contribution in [3.05, 3.63) is 29.8 Å². The van der Waals surface area contributed by atoms with Gasteiger partial charge in [-0.3, -0.25) is 4.79 Å². The lowest BCUT2D eigenvalue weighted by molar-refractivity contribution is -0.115. The van der Waals surface area contributed by atoms with Gasteiger partial charge in [-0.15, -0.1) is 11.8 Å². The summed E-state index contributed by atoms with van der Waals surface area (Å²) >= 11 is 1.65. The van der Waals surface area contributed by atoms with Gasteiger partial charge in [0.15, 0.2) is 0 Å². The molecule has 1 aliphatic carbocycles. The Morgan fingerprint density at radius 3 is 2.65 bits per heavy atom. The van der Waals surface area contributed by atoms with Crippen LogP contribution in [0.1, 0.15) is 39.0 Å². The molecule has 0 aromatic heterocycles. The molecule has 20 heavy (non-hydrogen) atoms. The highest BCUT2D eigenvalue weighted by molar-refractivity contribution is 8.01. The highest BCUT2D eigenvalue weighted by Crippen LogP contribution is 2.31. The average Bonchev–Trinajstić information content (AvgIpc) is 2.43. The lowest BCUT2D eigenvalue weighted by Gasteiger charge is -2.23. The van der Waals surface area contributed by atoms with E-state index in [2.05, 4.69) is 5.32 Å². The zero-order valence-corrected chi connectivity index (χ0v) is 12.3. The van der Waals surface area contributed by atoms with Crippen LogP contribution in [0.25, 0.3) is 0 Å². The first-order chi connectivity index (χ1) is 9.56. The Morgan fingerprint density at radius 2 is 2.00 bits per heavy atom. The van der Waals surface area contributed by atoms with E-state index in [0.29, 0.717) is 5.25 Å². The van der Waals surface area contributed by atoms with Crippen LogP contribution in [-0.4, -0.2) is 16.4 Å². The van der Waals surface area contributed by atoms with Gasteiger partial charge in [0.25, 0.3) is 0 Å². The monoisotopic (exact) mass is 299 g/mol. The van der Waals surface area contributed by atoms with Gasteiger partial charge in [-0.1, -0.05) is 19.3 Å². The number of nitrogens with one attached hydrogen (secondary N) is 1. The number of halogens is 2. The van der Waals surface area contributed by atoms with E-state index in [4.69, 9.17) is 0 Å². The van der Waals surface area contributed by atoms with E-state index >= 15 is 0 Å². The molecule has 1 aliphatic rings. The largest absolute Gasteiger partial charge is 0.323 e. The summed E-state index contributed by atoms with van der Waals surface area (Å²) in [6, 6.07) is 3.16. The summed E-state index contributed by atoms with van der Waals surface area (Å²) in [7, 11) is 0. The van der Waals surface area contributed by atoms with Crippen molar-refractivity contribution in [2.75, 3.05) is 5.32 Å². The zero-order valence-electron chi connectivity index (χ0n) is 11.5. The first-order valence-corrected chi connectivity index (χ1v) is 7.92. The molecule has 0 aliphatic heterocycles. The van der Waals surface area contributed by atoms with Crippen LogP contribution in [-0.2, 0) is 4.79 Å². The Hall–Kier alpha value is -1.10. The fraction of sp³-hybridized carbons (Fsp3) is 0.533. The van der Waals surface area contributed by atoms with E-state index in [0.717, 1.165) is 25.0 Å². The lowest BCUT2D eigenvalue weighted by atomic mass is 10.0. The van der Waals surface area contributed by atoms with Gasteiger partial charge < -0.3 is 5.32 Å². The van der Waals surface area contributed by atoms with E-state index in [9.17, 15) is 13.6 Å². The maximum Gasteiger partial charge on any atom is 0.237 e. The van der Waals surface area contributed by atoms with Gasteiger partial charge in [-0.25, -0.2) is 8.78 Å². The molecule has 5 heteroatoms. The molecule has 1 N–H and O–H groups in total.